The zero-order valence-electron chi connectivity index (χ0n) is 18.5. The Morgan fingerprint density at radius 2 is 1.81 bits per heavy atom. The smallest absolute Gasteiger partial charge is 0.244 e. The van der Waals surface area contributed by atoms with Crippen LogP contribution in [0.4, 0.5) is 5.69 Å². The number of hydrogen-bond acceptors (Lipinski definition) is 5. The molecule has 1 N–H and O–H groups in total. The molecule has 1 unspecified atom stereocenters. The summed E-state index contributed by atoms with van der Waals surface area (Å²) in [5.41, 5.74) is 1.03. The third-order valence-corrected chi connectivity index (χ3v) is 6.18. The summed E-state index contributed by atoms with van der Waals surface area (Å²) >= 11 is 6.02. The van der Waals surface area contributed by atoms with Crippen LogP contribution in [-0.4, -0.2) is 57.6 Å². The minimum atomic E-state index is -3.79. The lowest BCUT2D eigenvalue weighted by Gasteiger charge is -2.31. The molecule has 0 saturated heterocycles. The van der Waals surface area contributed by atoms with E-state index in [1.54, 1.807) is 63.4 Å². The third-order valence-electron chi connectivity index (χ3n) is 4.81. The number of nitrogens with one attached hydrogen (secondary N) is 1. The van der Waals surface area contributed by atoms with Crippen LogP contribution in [0.5, 0.6) is 5.75 Å². The van der Waals surface area contributed by atoms with Crippen LogP contribution < -0.4 is 14.4 Å². The zero-order valence-corrected chi connectivity index (χ0v) is 20.1. The fourth-order valence-electron chi connectivity index (χ4n) is 3.08. The Morgan fingerprint density at radius 1 is 1.16 bits per heavy atom. The van der Waals surface area contributed by atoms with Crippen LogP contribution in [0.2, 0.25) is 5.02 Å². The average molecular weight is 482 g/mol. The lowest BCUT2D eigenvalue weighted by atomic mass is 10.1. The van der Waals surface area contributed by atoms with E-state index < -0.39 is 28.5 Å². The molecule has 0 saturated carbocycles. The van der Waals surface area contributed by atoms with Crippen LogP contribution in [0.3, 0.4) is 0 Å². The second-order valence-electron chi connectivity index (χ2n) is 7.19. The number of amides is 2. The normalized spacial score (nSPS) is 12.0. The number of likely N-dealkylation sites (N-methyl/N-ethyl adjacent to an activating group) is 1. The largest absolute Gasteiger partial charge is 0.497 e. The van der Waals surface area contributed by atoms with E-state index in [0.717, 1.165) is 16.1 Å². The van der Waals surface area contributed by atoms with Crippen molar-refractivity contribution in [2.75, 3.05) is 30.8 Å². The molecule has 0 radical (unpaired) electrons. The summed E-state index contributed by atoms with van der Waals surface area (Å²) in [7, 11) is -2.24. The molecule has 0 aliphatic heterocycles. The summed E-state index contributed by atoms with van der Waals surface area (Å²) in [5.74, 6) is -0.194. The molecule has 2 aromatic rings. The number of nitrogens with zero attached hydrogens (tertiary/aromatic N) is 2. The van der Waals surface area contributed by atoms with Gasteiger partial charge in [0.2, 0.25) is 21.8 Å². The second-order valence-corrected chi connectivity index (χ2v) is 9.53. The maximum atomic E-state index is 13.3. The van der Waals surface area contributed by atoms with E-state index in [-0.39, 0.29) is 18.1 Å². The first-order chi connectivity index (χ1) is 15.1. The van der Waals surface area contributed by atoms with Crippen LogP contribution in [0.25, 0.3) is 0 Å². The van der Waals surface area contributed by atoms with Gasteiger partial charge in [-0.3, -0.25) is 13.9 Å². The van der Waals surface area contributed by atoms with Crippen LogP contribution >= 0.6 is 11.6 Å². The Morgan fingerprint density at radius 3 is 2.34 bits per heavy atom. The Labute approximate surface area is 194 Å². The molecule has 2 rings (SSSR count). The van der Waals surface area contributed by atoms with E-state index in [9.17, 15) is 18.0 Å². The van der Waals surface area contributed by atoms with E-state index >= 15 is 0 Å². The van der Waals surface area contributed by atoms with Gasteiger partial charge in [0.25, 0.3) is 0 Å². The van der Waals surface area contributed by atoms with Crippen molar-refractivity contribution in [3.05, 3.63) is 59.1 Å². The van der Waals surface area contributed by atoms with Crippen molar-refractivity contribution in [2.45, 2.75) is 26.4 Å². The number of hydrogen-bond donors (Lipinski definition) is 1. The highest BCUT2D eigenvalue weighted by molar-refractivity contribution is 7.92. The molecule has 0 aromatic heterocycles. The van der Waals surface area contributed by atoms with E-state index in [1.165, 1.54) is 11.0 Å². The van der Waals surface area contributed by atoms with Crippen molar-refractivity contribution in [1.29, 1.82) is 0 Å². The van der Waals surface area contributed by atoms with Gasteiger partial charge in [-0.2, -0.15) is 0 Å². The standard InChI is InChI=1S/C22H28ClN3O5S/c1-5-24-22(28)16(2)25(14-17-9-11-20(31-3)12-10-17)21(27)15-26(32(4,29)30)19-8-6-7-18(23)13-19/h6-13,16H,5,14-15H2,1-4H3,(H,24,28). The number of sulfonamides is 1. The number of benzene rings is 2. The molecule has 10 heteroatoms. The highest BCUT2D eigenvalue weighted by atomic mass is 35.5. The van der Waals surface area contributed by atoms with Crippen molar-refractivity contribution in [3.8, 4) is 5.75 Å². The summed E-state index contributed by atoms with van der Waals surface area (Å²) < 4.78 is 31.0. The van der Waals surface area contributed by atoms with Crippen molar-refractivity contribution >= 4 is 39.1 Å². The van der Waals surface area contributed by atoms with Crippen LogP contribution in [-0.2, 0) is 26.2 Å². The van der Waals surface area contributed by atoms with Crippen LogP contribution in [0, 0.1) is 0 Å². The number of carbonyl (C=O) groups is 2. The fourth-order valence-corrected chi connectivity index (χ4v) is 4.10. The zero-order chi connectivity index (χ0) is 23.9. The van der Waals surface area contributed by atoms with E-state index in [0.29, 0.717) is 17.3 Å². The van der Waals surface area contributed by atoms with Crippen molar-refractivity contribution in [3.63, 3.8) is 0 Å². The lowest BCUT2D eigenvalue weighted by Crippen LogP contribution is -2.51. The highest BCUT2D eigenvalue weighted by Gasteiger charge is 2.30. The highest BCUT2D eigenvalue weighted by Crippen LogP contribution is 2.23. The number of halogens is 1. The summed E-state index contributed by atoms with van der Waals surface area (Å²) in [6, 6.07) is 12.5. The van der Waals surface area contributed by atoms with Gasteiger partial charge in [0.15, 0.2) is 0 Å². The number of methoxy groups -OCH3 is 1. The molecule has 2 aromatic carbocycles. The maximum Gasteiger partial charge on any atom is 0.244 e. The first-order valence-electron chi connectivity index (χ1n) is 10.00. The molecule has 2 amide bonds. The average Bonchev–Trinajstić information content (AvgIpc) is 2.75. The van der Waals surface area contributed by atoms with E-state index in [4.69, 9.17) is 16.3 Å². The Kier molecular flexibility index (Phi) is 8.91. The SMILES string of the molecule is CCNC(=O)C(C)N(Cc1ccc(OC)cc1)C(=O)CN(c1cccc(Cl)c1)S(C)(=O)=O. The van der Waals surface area contributed by atoms with Crippen molar-refractivity contribution in [1.82, 2.24) is 10.2 Å². The number of anilines is 1. The van der Waals surface area contributed by atoms with Gasteiger partial charge in [0, 0.05) is 18.1 Å². The summed E-state index contributed by atoms with van der Waals surface area (Å²) in [6.07, 6.45) is 1.02. The molecule has 0 aliphatic rings. The topological polar surface area (TPSA) is 96.0 Å². The first-order valence-corrected chi connectivity index (χ1v) is 12.2. The Balaban J connectivity index is 2.36. The quantitative estimate of drug-likeness (QED) is 0.562. The molecule has 32 heavy (non-hydrogen) atoms. The van der Waals surface area contributed by atoms with Crippen molar-refractivity contribution < 1.29 is 22.7 Å². The Hall–Kier alpha value is -2.78. The molecule has 174 valence electrons. The predicted octanol–water partition coefficient (Wildman–Crippen LogP) is 2.67. The lowest BCUT2D eigenvalue weighted by molar-refractivity contribution is -0.139. The van der Waals surface area contributed by atoms with Gasteiger partial charge in [0.1, 0.15) is 18.3 Å². The fraction of sp³-hybridized carbons (Fsp3) is 0.364. The van der Waals surface area contributed by atoms with Crippen LogP contribution in [0.15, 0.2) is 48.5 Å². The van der Waals surface area contributed by atoms with Gasteiger partial charge in [0.05, 0.1) is 19.1 Å². The van der Waals surface area contributed by atoms with Gasteiger partial charge < -0.3 is 15.0 Å². The number of carbonyl (C=O) groups excluding carboxylic acids is 2. The van der Waals surface area contributed by atoms with Gasteiger partial charge >= 0.3 is 0 Å². The summed E-state index contributed by atoms with van der Waals surface area (Å²) in [4.78, 5) is 27.2. The molecule has 0 bridgehead atoms. The first kappa shape index (κ1) is 25.5. The molecule has 8 nitrogen and oxygen atoms in total. The second kappa shape index (κ2) is 11.2. The van der Waals surface area contributed by atoms with E-state index in [2.05, 4.69) is 5.32 Å². The van der Waals surface area contributed by atoms with Gasteiger partial charge in [-0.05, 0) is 49.7 Å². The van der Waals surface area contributed by atoms with Crippen LogP contribution in [0.1, 0.15) is 19.4 Å². The third kappa shape index (κ3) is 6.86. The predicted molar refractivity (Wildman–Crippen MR) is 125 cm³/mol. The molecular formula is C22H28ClN3O5S. The maximum absolute atomic E-state index is 13.3. The number of rotatable bonds is 10. The van der Waals surface area contributed by atoms with Crippen molar-refractivity contribution in [2.24, 2.45) is 0 Å². The molecule has 0 spiro atoms. The summed E-state index contributed by atoms with van der Waals surface area (Å²) in [5, 5.41) is 3.05. The van der Waals surface area contributed by atoms with Gasteiger partial charge in [-0.25, -0.2) is 8.42 Å². The monoisotopic (exact) mass is 481 g/mol. The van der Waals surface area contributed by atoms with E-state index in [1.807, 2.05) is 0 Å². The minimum absolute atomic E-state index is 0.119. The molecule has 1 atom stereocenters. The molecular weight excluding hydrogens is 454 g/mol. The molecule has 0 fully saturated rings. The minimum Gasteiger partial charge on any atom is -0.497 e. The molecule has 0 heterocycles. The van der Waals surface area contributed by atoms with Gasteiger partial charge in [-0.15, -0.1) is 0 Å². The Bertz CT molecular complexity index is 1040. The molecule has 0 aliphatic carbocycles. The number of ether oxygens (including phenoxy) is 1. The summed E-state index contributed by atoms with van der Waals surface area (Å²) in [6.45, 7) is 3.44. The van der Waals surface area contributed by atoms with Gasteiger partial charge in [-0.1, -0.05) is 29.8 Å².